The van der Waals surface area contributed by atoms with Crippen LogP contribution in [0.1, 0.15) is 37.7 Å². The number of halogens is 3. The molecule has 2 amide bonds. The van der Waals surface area contributed by atoms with Gasteiger partial charge in [-0.3, -0.25) is 9.36 Å². The number of hydrogen-bond donors (Lipinski definition) is 1. The van der Waals surface area contributed by atoms with Crippen LogP contribution in [0.25, 0.3) is 10.9 Å². The molecule has 1 aromatic heterocycles. The third-order valence-electron chi connectivity index (χ3n) is 5.44. The Balaban J connectivity index is 1.95. The number of nitrogens with one attached hydrogen (secondary N) is 1. The number of fused-ring (bicyclic) bond motifs is 1. The topological polar surface area (TPSA) is 76.5 Å². The maximum atomic E-state index is 13.2. The molecule has 3 rings (SSSR count). The minimum Gasteiger partial charge on any atom is -0.383 e. The average Bonchev–Trinajstić information content (AvgIpc) is 2.81. The zero-order valence-electron chi connectivity index (χ0n) is 19.2. The largest absolute Gasteiger partial charge is 0.416 e. The van der Waals surface area contributed by atoms with Crippen molar-refractivity contribution in [2.75, 3.05) is 25.6 Å². The molecule has 0 fully saturated rings. The van der Waals surface area contributed by atoms with Crippen molar-refractivity contribution in [3.63, 3.8) is 0 Å². The summed E-state index contributed by atoms with van der Waals surface area (Å²) in [6.07, 6.45) is -3.83. The molecule has 1 unspecified atom stereocenters. The first kappa shape index (κ1) is 25.2. The smallest absolute Gasteiger partial charge is 0.383 e. The van der Waals surface area contributed by atoms with Gasteiger partial charge in [-0.1, -0.05) is 19.1 Å². The highest BCUT2D eigenvalue weighted by atomic mass is 19.4. The molecular formula is C24H27F3N4O3. The van der Waals surface area contributed by atoms with E-state index in [1.807, 2.05) is 6.92 Å². The maximum absolute atomic E-state index is 13.2. The first-order valence-electron chi connectivity index (χ1n) is 10.9. The third kappa shape index (κ3) is 5.56. The van der Waals surface area contributed by atoms with Crippen LogP contribution < -0.4 is 10.9 Å². The highest BCUT2D eigenvalue weighted by Crippen LogP contribution is 2.30. The Bertz CT molecular complexity index is 1190. The lowest BCUT2D eigenvalue weighted by Crippen LogP contribution is -2.40. The second-order valence-electron chi connectivity index (χ2n) is 7.81. The van der Waals surface area contributed by atoms with Crippen LogP contribution in [0, 0.1) is 0 Å². The highest BCUT2D eigenvalue weighted by Gasteiger charge is 2.30. The lowest BCUT2D eigenvalue weighted by atomic mass is 10.2. The van der Waals surface area contributed by atoms with E-state index in [9.17, 15) is 22.8 Å². The molecule has 0 aliphatic heterocycles. The summed E-state index contributed by atoms with van der Waals surface area (Å²) in [5, 5.41) is 3.11. The summed E-state index contributed by atoms with van der Waals surface area (Å²) < 4.78 is 45.2. The molecule has 1 atom stereocenters. The van der Waals surface area contributed by atoms with Crippen molar-refractivity contribution in [3.8, 4) is 0 Å². The van der Waals surface area contributed by atoms with Gasteiger partial charge in [0.15, 0.2) is 0 Å². The third-order valence-corrected chi connectivity index (χ3v) is 5.44. The fourth-order valence-electron chi connectivity index (χ4n) is 3.69. The normalized spacial score (nSPS) is 12.5. The van der Waals surface area contributed by atoms with E-state index in [0.717, 1.165) is 12.1 Å². The molecule has 0 aliphatic rings. The van der Waals surface area contributed by atoms with Crippen LogP contribution >= 0.6 is 0 Å². The molecule has 182 valence electrons. The number of benzene rings is 2. The van der Waals surface area contributed by atoms with Gasteiger partial charge in [0.1, 0.15) is 5.82 Å². The van der Waals surface area contributed by atoms with Gasteiger partial charge in [0.05, 0.1) is 35.7 Å². The predicted molar refractivity (Wildman–Crippen MR) is 124 cm³/mol. The lowest BCUT2D eigenvalue weighted by molar-refractivity contribution is -0.137. The zero-order valence-corrected chi connectivity index (χ0v) is 19.2. The summed E-state index contributed by atoms with van der Waals surface area (Å²) in [6.45, 7) is 4.55. The fourth-order valence-corrected chi connectivity index (χ4v) is 3.69. The molecule has 10 heteroatoms. The van der Waals surface area contributed by atoms with Crippen LogP contribution in [0.3, 0.4) is 0 Å². The van der Waals surface area contributed by atoms with E-state index in [-0.39, 0.29) is 24.4 Å². The SMILES string of the molecule is CCCN(C(=O)Nc1ccc(C(F)(F)F)cc1)C(C)c1nc2ccccc2c(=O)n1CCOC. The van der Waals surface area contributed by atoms with E-state index in [2.05, 4.69) is 10.3 Å². The number of aromatic nitrogens is 2. The Hall–Kier alpha value is -3.40. The molecule has 0 saturated carbocycles. The van der Waals surface area contributed by atoms with E-state index >= 15 is 0 Å². The molecule has 1 heterocycles. The maximum Gasteiger partial charge on any atom is 0.416 e. The van der Waals surface area contributed by atoms with Crippen molar-refractivity contribution in [1.29, 1.82) is 0 Å². The summed E-state index contributed by atoms with van der Waals surface area (Å²) >= 11 is 0. The minimum absolute atomic E-state index is 0.231. The van der Waals surface area contributed by atoms with E-state index in [0.29, 0.717) is 29.7 Å². The van der Waals surface area contributed by atoms with Gasteiger partial charge in [-0.2, -0.15) is 13.2 Å². The number of alkyl halides is 3. The van der Waals surface area contributed by atoms with Crippen molar-refractivity contribution >= 4 is 22.6 Å². The summed E-state index contributed by atoms with van der Waals surface area (Å²) in [5.74, 6) is 0.400. The zero-order chi connectivity index (χ0) is 24.9. The quantitative estimate of drug-likeness (QED) is 0.493. The second-order valence-corrected chi connectivity index (χ2v) is 7.81. The van der Waals surface area contributed by atoms with E-state index in [1.165, 1.54) is 28.7 Å². The van der Waals surface area contributed by atoms with Crippen LogP contribution in [-0.2, 0) is 17.5 Å². The van der Waals surface area contributed by atoms with Crippen molar-refractivity contribution in [2.45, 2.75) is 39.0 Å². The Morgan fingerprint density at radius 2 is 1.85 bits per heavy atom. The Labute approximate surface area is 195 Å². The molecule has 34 heavy (non-hydrogen) atoms. The van der Waals surface area contributed by atoms with Crippen LogP contribution in [0.5, 0.6) is 0 Å². The fraction of sp³-hybridized carbons (Fsp3) is 0.375. The van der Waals surface area contributed by atoms with Gasteiger partial charge in [0, 0.05) is 19.3 Å². The number of rotatable bonds is 8. The molecule has 0 saturated heterocycles. The number of urea groups is 1. The molecule has 1 N–H and O–H groups in total. The molecule has 0 aliphatic carbocycles. The number of methoxy groups -OCH3 is 1. The number of amides is 2. The lowest BCUT2D eigenvalue weighted by Gasteiger charge is -2.30. The Morgan fingerprint density at radius 1 is 1.18 bits per heavy atom. The summed E-state index contributed by atoms with van der Waals surface area (Å²) in [5.41, 5.74) is -0.284. The van der Waals surface area contributed by atoms with Crippen LogP contribution in [-0.4, -0.2) is 40.7 Å². The average molecular weight is 476 g/mol. The molecule has 7 nitrogen and oxygen atoms in total. The van der Waals surface area contributed by atoms with Gasteiger partial charge in [0.25, 0.3) is 5.56 Å². The molecule has 0 radical (unpaired) electrons. The van der Waals surface area contributed by atoms with Gasteiger partial charge in [-0.25, -0.2) is 9.78 Å². The van der Waals surface area contributed by atoms with Gasteiger partial charge in [-0.15, -0.1) is 0 Å². The van der Waals surface area contributed by atoms with Crippen molar-refractivity contribution < 1.29 is 22.7 Å². The summed E-state index contributed by atoms with van der Waals surface area (Å²) in [6, 6.07) is 10.1. The van der Waals surface area contributed by atoms with Crippen molar-refractivity contribution in [1.82, 2.24) is 14.5 Å². The first-order valence-corrected chi connectivity index (χ1v) is 10.9. The number of nitrogens with zero attached hydrogens (tertiary/aromatic N) is 3. The van der Waals surface area contributed by atoms with Crippen LogP contribution in [0.2, 0.25) is 0 Å². The summed E-state index contributed by atoms with van der Waals surface area (Å²) in [4.78, 5) is 32.5. The molecular weight excluding hydrogens is 449 g/mol. The molecule has 3 aromatic rings. The number of carbonyl (C=O) groups is 1. The number of hydrogen-bond acceptors (Lipinski definition) is 4. The van der Waals surface area contributed by atoms with Crippen LogP contribution in [0.15, 0.2) is 53.3 Å². The number of para-hydroxylation sites is 1. The highest BCUT2D eigenvalue weighted by molar-refractivity contribution is 5.89. The van der Waals surface area contributed by atoms with E-state index in [1.54, 1.807) is 31.2 Å². The Morgan fingerprint density at radius 3 is 2.47 bits per heavy atom. The predicted octanol–water partition coefficient (Wildman–Crippen LogP) is 5.07. The van der Waals surface area contributed by atoms with Crippen LogP contribution in [0.4, 0.5) is 23.7 Å². The van der Waals surface area contributed by atoms with Gasteiger partial charge >= 0.3 is 12.2 Å². The summed E-state index contributed by atoms with van der Waals surface area (Å²) in [7, 11) is 1.53. The molecule has 2 aromatic carbocycles. The van der Waals surface area contributed by atoms with Gasteiger partial charge in [0.2, 0.25) is 0 Å². The first-order chi connectivity index (χ1) is 16.2. The second kappa shape index (κ2) is 10.7. The number of carbonyl (C=O) groups excluding carboxylic acids is 1. The van der Waals surface area contributed by atoms with E-state index in [4.69, 9.17) is 4.74 Å². The molecule has 0 spiro atoms. The monoisotopic (exact) mass is 476 g/mol. The van der Waals surface area contributed by atoms with E-state index < -0.39 is 23.8 Å². The Kier molecular flexibility index (Phi) is 7.93. The van der Waals surface area contributed by atoms with Gasteiger partial charge < -0.3 is 15.0 Å². The minimum atomic E-state index is -4.46. The van der Waals surface area contributed by atoms with Crippen molar-refractivity contribution in [2.24, 2.45) is 0 Å². The van der Waals surface area contributed by atoms with Crippen molar-refractivity contribution in [3.05, 3.63) is 70.3 Å². The number of ether oxygens (including phenoxy) is 1. The van der Waals surface area contributed by atoms with Gasteiger partial charge in [-0.05, 0) is 49.7 Å². The molecule has 0 bridgehead atoms. The standard InChI is InChI=1S/C24H27F3N4O3/c1-4-13-30(23(33)28-18-11-9-17(10-12-18)24(25,26)27)16(2)21-29-20-8-6-5-7-19(20)22(32)31(21)14-15-34-3/h5-12,16H,4,13-15H2,1-3H3,(H,28,33). The number of anilines is 1.